The summed E-state index contributed by atoms with van der Waals surface area (Å²) in [6.45, 7) is 1.74. The predicted molar refractivity (Wildman–Crippen MR) is 77.9 cm³/mol. The SMILES string of the molecule is CC(C(=O)O)n1c(C2CCCCC2)nc2ccccc21. The van der Waals surface area contributed by atoms with Gasteiger partial charge in [0.25, 0.3) is 0 Å². The molecule has 1 saturated carbocycles. The Morgan fingerprint density at radius 1 is 1.30 bits per heavy atom. The zero-order valence-corrected chi connectivity index (χ0v) is 11.7. The van der Waals surface area contributed by atoms with Crippen LogP contribution in [0.1, 0.15) is 56.8 Å². The average molecular weight is 272 g/mol. The number of rotatable bonds is 3. The minimum Gasteiger partial charge on any atom is -0.480 e. The molecule has 1 N–H and O–H groups in total. The van der Waals surface area contributed by atoms with Crippen LogP contribution in [-0.2, 0) is 4.79 Å². The van der Waals surface area contributed by atoms with Crippen LogP contribution in [0.15, 0.2) is 24.3 Å². The standard InChI is InChI=1S/C16H20N2O2/c1-11(16(19)20)18-14-10-6-5-9-13(14)17-15(18)12-7-3-2-4-8-12/h5-6,9-12H,2-4,7-8H2,1H3,(H,19,20). The minimum absolute atomic E-state index is 0.401. The van der Waals surface area contributed by atoms with Crippen molar-refractivity contribution in [2.24, 2.45) is 0 Å². The molecule has 1 aliphatic rings. The second-order valence-corrected chi connectivity index (χ2v) is 5.68. The lowest BCUT2D eigenvalue weighted by Gasteiger charge is -2.23. The average Bonchev–Trinajstić information content (AvgIpc) is 2.86. The summed E-state index contributed by atoms with van der Waals surface area (Å²) in [4.78, 5) is 16.2. The van der Waals surface area contributed by atoms with Crippen LogP contribution in [0, 0.1) is 0 Å². The number of carboxylic acid groups (broad SMARTS) is 1. The van der Waals surface area contributed by atoms with E-state index in [0.29, 0.717) is 5.92 Å². The van der Waals surface area contributed by atoms with E-state index in [2.05, 4.69) is 0 Å². The Morgan fingerprint density at radius 2 is 2.00 bits per heavy atom. The van der Waals surface area contributed by atoms with Crippen molar-refractivity contribution < 1.29 is 9.90 Å². The number of aliphatic carboxylic acids is 1. The third-order valence-corrected chi connectivity index (χ3v) is 4.34. The number of fused-ring (bicyclic) bond motifs is 1. The van der Waals surface area contributed by atoms with Gasteiger partial charge >= 0.3 is 5.97 Å². The van der Waals surface area contributed by atoms with E-state index in [4.69, 9.17) is 4.98 Å². The van der Waals surface area contributed by atoms with E-state index in [1.807, 2.05) is 28.8 Å². The first kappa shape index (κ1) is 13.2. The van der Waals surface area contributed by atoms with Gasteiger partial charge in [-0.05, 0) is 31.9 Å². The monoisotopic (exact) mass is 272 g/mol. The number of carboxylic acids is 1. The molecule has 2 aromatic rings. The van der Waals surface area contributed by atoms with E-state index in [-0.39, 0.29) is 0 Å². The highest BCUT2D eigenvalue weighted by Gasteiger charge is 2.26. The highest BCUT2D eigenvalue weighted by atomic mass is 16.4. The van der Waals surface area contributed by atoms with Crippen LogP contribution in [-0.4, -0.2) is 20.6 Å². The quantitative estimate of drug-likeness (QED) is 0.926. The highest BCUT2D eigenvalue weighted by Crippen LogP contribution is 2.35. The summed E-state index contributed by atoms with van der Waals surface area (Å²) in [7, 11) is 0. The molecule has 1 aliphatic carbocycles. The molecule has 3 rings (SSSR count). The molecule has 106 valence electrons. The van der Waals surface area contributed by atoms with Gasteiger partial charge in [0, 0.05) is 5.92 Å². The Labute approximate surface area is 118 Å². The number of imidazole rings is 1. The number of benzene rings is 1. The van der Waals surface area contributed by atoms with Crippen molar-refractivity contribution >= 4 is 17.0 Å². The third kappa shape index (κ3) is 2.19. The number of carbonyl (C=O) groups is 1. The summed E-state index contributed by atoms with van der Waals surface area (Å²) >= 11 is 0. The Balaban J connectivity index is 2.14. The summed E-state index contributed by atoms with van der Waals surface area (Å²) in [6, 6.07) is 7.26. The van der Waals surface area contributed by atoms with Gasteiger partial charge in [-0.25, -0.2) is 9.78 Å². The second-order valence-electron chi connectivity index (χ2n) is 5.68. The molecule has 0 amide bonds. The molecule has 20 heavy (non-hydrogen) atoms. The molecular weight excluding hydrogens is 252 g/mol. The number of hydrogen-bond donors (Lipinski definition) is 1. The molecule has 0 radical (unpaired) electrons. The molecule has 1 unspecified atom stereocenters. The van der Waals surface area contributed by atoms with Crippen molar-refractivity contribution in [2.45, 2.75) is 51.0 Å². The van der Waals surface area contributed by atoms with Crippen LogP contribution >= 0.6 is 0 Å². The maximum atomic E-state index is 11.4. The van der Waals surface area contributed by atoms with Crippen LogP contribution in [0.4, 0.5) is 0 Å². The van der Waals surface area contributed by atoms with E-state index < -0.39 is 12.0 Å². The lowest BCUT2D eigenvalue weighted by molar-refractivity contribution is -0.140. The molecule has 0 spiro atoms. The van der Waals surface area contributed by atoms with Crippen molar-refractivity contribution in [3.8, 4) is 0 Å². The summed E-state index contributed by atoms with van der Waals surface area (Å²) in [5.41, 5.74) is 1.84. The van der Waals surface area contributed by atoms with Crippen LogP contribution in [0.5, 0.6) is 0 Å². The number of aromatic nitrogens is 2. The fourth-order valence-electron chi connectivity index (χ4n) is 3.23. The number of para-hydroxylation sites is 2. The Morgan fingerprint density at radius 3 is 2.70 bits per heavy atom. The van der Waals surface area contributed by atoms with Gasteiger partial charge in [0.1, 0.15) is 11.9 Å². The van der Waals surface area contributed by atoms with Gasteiger partial charge < -0.3 is 9.67 Å². The minimum atomic E-state index is -0.801. The first-order valence-electron chi connectivity index (χ1n) is 7.38. The molecular formula is C16H20N2O2. The summed E-state index contributed by atoms with van der Waals surface area (Å²) in [5, 5.41) is 9.39. The zero-order valence-electron chi connectivity index (χ0n) is 11.7. The van der Waals surface area contributed by atoms with Crippen molar-refractivity contribution in [1.29, 1.82) is 0 Å². The molecule has 0 aliphatic heterocycles. The van der Waals surface area contributed by atoms with Crippen LogP contribution in [0.3, 0.4) is 0 Å². The van der Waals surface area contributed by atoms with Crippen molar-refractivity contribution in [3.05, 3.63) is 30.1 Å². The molecule has 1 fully saturated rings. The van der Waals surface area contributed by atoms with Crippen molar-refractivity contribution in [3.63, 3.8) is 0 Å². The molecule has 4 nitrogen and oxygen atoms in total. The first-order valence-corrected chi connectivity index (χ1v) is 7.38. The van der Waals surface area contributed by atoms with E-state index in [1.165, 1.54) is 19.3 Å². The van der Waals surface area contributed by atoms with Crippen LogP contribution < -0.4 is 0 Å². The van der Waals surface area contributed by atoms with E-state index >= 15 is 0 Å². The van der Waals surface area contributed by atoms with Gasteiger partial charge in [0.05, 0.1) is 11.0 Å². The normalized spacial score (nSPS) is 18.2. The third-order valence-electron chi connectivity index (χ3n) is 4.34. The maximum Gasteiger partial charge on any atom is 0.326 e. The second kappa shape index (κ2) is 5.27. The molecule has 0 saturated heterocycles. The van der Waals surface area contributed by atoms with E-state index in [0.717, 1.165) is 29.7 Å². The summed E-state index contributed by atoms with van der Waals surface area (Å²) in [6.07, 6.45) is 5.96. The summed E-state index contributed by atoms with van der Waals surface area (Å²) < 4.78 is 1.92. The molecule has 4 heteroatoms. The van der Waals surface area contributed by atoms with Gasteiger partial charge in [0.2, 0.25) is 0 Å². The number of nitrogens with zero attached hydrogens (tertiary/aromatic N) is 2. The largest absolute Gasteiger partial charge is 0.480 e. The summed E-state index contributed by atoms with van der Waals surface area (Å²) in [5.74, 6) is 0.559. The Hall–Kier alpha value is -1.84. The predicted octanol–water partition coefficient (Wildman–Crippen LogP) is 3.73. The number of hydrogen-bond acceptors (Lipinski definition) is 2. The molecule has 1 aromatic heterocycles. The van der Waals surface area contributed by atoms with Crippen LogP contribution in [0.25, 0.3) is 11.0 Å². The van der Waals surface area contributed by atoms with Gasteiger partial charge in [-0.3, -0.25) is 0 Å². The Kier molecular flexibility index (Phi) is 3.47. The lowest BCUT2D eigenvalue weighted by atomic mass is 9.88. The van der Waals surface area contributed by atoms with Gasteiger partial charge in [-0.1, -0.05) is 31.4 Å². The molecule has 1 heterocycles. The first-order chi connectivity index (χ1) is 9.68. The van der Waals surface area contributed by atoms with Crippen molar-refractivity contribution in [2.75, 3.05) is 0 Å². The van der Waals surface area contributed by atoms with Gasteiger partial charge in [0.15, 0.2) is 0 Å². The smallest absolute Gasteiger partial charge is 0.326 e. The topological polar surface area (TPSA) is 55.1 Å². The van der Waals surface area contributed by atoms with E-state index in [9.17, 15) is 9.90 Å². The van der Waals surface area contributed by atoms with Gasteiger partial charge in [-0.15, -0.1) is 0 Å². The van der Waals surface area contributed by atoms with Gasteiger partial charge in [-0.2, -0.15) is 0 Å². The van der Waals surface area contributed by atoms with Crippen molar-refractivity contribution in [1.82, 2.24) is 9.55 Å². The molecule has 0 bridgehead atoms. The fourth-order valence-corrected chi connectivity index (χ4v) is 3.23. The van der Waals surface area contributed by atoms with E-state index in [1.54, 1.807) is 6.92 Å². The zero-order chi connectivity index (χ0) is 14.1. The molecule has 1 aromatic carbocycles. The highest BCUT2D eigenvalue weighted by molar-refractivity contribution is 5.80. The van der Waals surface area contributed by atoms with Crippen LogP contribution in [0.2, 0.25) is 0 Å². The fraction of sp³-hybridized carbons (Fsp3) is 0.500. The maximum absolute atomic E-state index is 11.4. The Bertz CT molecular complexity index is 626. The lowest BCUT2D eigenvalue weighted by Crippen LogP contribution is -2.20. The molecule has 1 atom stereocenters.